The Labute approximate surface area is 322 Å². The minimum Gasteiger partial charge on any atom is -0.456 e. The lowest BCUT2D eigenvalue weighted by molar-refractivity contribution is 0.668. The molecule has 0 saturated heterocycles. The Hall–Kier alpha value is -7.63. The van der Waals surface area contributed by atoms with Gasteiger partial charge in [-0.1, -0.05) is 152 Å². The monoisotopic (exact) mass is 717 g/mol. The molecule has 0 bridgehead atoms. The third-order valence-corrected chi connectivity index (χ3v) is 10.5. The molecule has 56 heavy (non-hydrogen) atoms. The maximum absolute atomic E-state index is 6.66. The highest BCUT2D eigenvalue weighted by Crippen LogP contribution is 2.44. The molecule has 0 aliphatic rings. The predicted molar refractivity (Wildman–Crippen MR) is 227 cm³/mol. The number of furan rings is 2. The Morgan fingerprint density at radius 3 is 1.45 bits per heavy atom. The maximum atomic E-state index is 6.66. The minimum absolute atomic E-state index is 0.575. The van der Waals surface area contributed by atoms with Crippen LogP contribution in [-0.4, -0.2) is 15.0 Å². The molecule has 3 aromatic heterocycles. The van der Waals surface area contributed by atoms with E-state index in [1.54, 1.807) is 0 Å². The molecule has 11 rings (SSSR count). The maximum Gasteiger partial charge on any atom is 0.164 e. The van der Waals surface area contributed by atoms with Crippen molar-refractivity contribution in [3.8, 4) is 67.5 Å². The van der Waals surface area contributed by atoms with Crippen molar-refractivity contribution in [2.24, 2.45) is 0 Å². The molecule has 0 N–H and O–H groups in total. The molecule has 0 aliphatic carbocycles. The van der Waals surface area contributed by atoms with Crippen molar-refractivity contribution in [3.05, 3.63) is 188 Å². The van der Waals surface area contributed by atoms with Gasteiger partial charge in [0.05, 0.1) is 0 Å². The molecule has 5 nitrogen and oxygen atoms in total. The second-order valence-electron chi connectivity index (χ2n) is 14.0. The summed E-state index contributed by atoms with van der Waals surface area (Å²) in [7, 11) is 0. The highest BCUT2D eigenvalue weighted by Gasteiger charge is 2.20. The van der Waals surface area contributed by atoms with Crippen LogP contribution in [0.5, 0.6) is 0 Å². The highest BCUT2D eigenvalue weighted by atomic mass is 16.3. The SMILES string of the molecule is c1ccc(-c2ccc(-c3nc(-c4ccccc4)nc(-c4ccc5c(c4)oc4cccc(-c6cc(-c7ccccc7)cc7oc8ccccc8c67)c45)n3)cc2)cc1. The van der Waals surface area contributed by atoms with Gasteiger partial charge in [-0.05, 0) is 69.8 Å². The van der Waals surface area contributed by atoms with E-state index in [0.717, 1.165) is 93.9 Å². The summed E-state index contributed by atoms with van der Waals surface area (Å²) in [6.07, 6.45) is 0. The van der Waals surface area contributed by atoms with Crippen LogP contribution in [0.3, 0.4) is 0 Å². The van der Waals surface area contributed by atoms with Crippen LogP contribution in [0.1, 0.15) is 0 Å². The van der Waals surface area contributed by atoms with Gasteiger partial charge in [-0.3, -0.25) is 0 Å². The van der Waals surface area contributed by atoms with Crippen LogP contribution in [0.4, 0.5) is 0 Å². The normalized spacial score (nSPS) is 11.6. The molecular formula is C51H31N3O2. The highest BCUT2D eigenvalue weighted by molar-refractivity contribution is 6.20. The summed E-state index contributed by atoms with van der Waals surface area (Å²) >= 11 is 0. The number of benzene rings is 8. The average molecular weight is 718 g/mol. The molecule has 0 unspecified atom stereocenters. The summed E-state index contributed by atoms with van der Waals surface area (Å²) in [5.74, 6) is 1.79. The molecule has 262 valence electrons. The number of rotatable bonds is 6. The van der Waals surface area contributed by atoms with Crippen LogP contribution in [0, 0.1) is 0 Å². The Morgan fingerprint density at radius 2 is 0.732 bits per heavy atom. The fourth-order valence-electron chi connectivity index (χ4n) is 7.85. The lowest BCUT2D eigenvalue weighted by atomic mass is 9.92. The lowest BCUT2D eigenvalue weighted by Crippen LogP contribution is -2.00. The Balaban J connectivity index is 1.07. The second-order valence-corrected chi connectivity index (χ2v) is 14.0. The topological polar surface area (TPSA) is 65.0 Å². The van der Waals surface area contributed by atoms with Crippen LogP contribution in [0.15, 0.2) is 197 Å². The molecule has 3 heterocycles. The zero-order valence-corrected chi connectivity index (χ0v) is 30.1. The van der Waals surface area contributed by atoms with Gasteiger partial charge in [0.15, 0.2) is 17.5 Å². The van der Waals surface area contributed by atoms with E-state index in [2.05, 4.69) is 127 Å². The van der Waals surface area contributed by atoms with Crippen molar-refractivity contribution < 1.29 is 8.83 Å². The van der Waals surface area contributed by atoms with Gasteiger partial charge in [0.1, 0.15) is 22.3 Å². The van der Waals surface area contributed by atoms with Crippen LogP contribution < -0.4 is 0 Å². The van der Waals surface area contributed by atoms with Crippen LogP contribution in [-0.2, 0) is 0 Å². The predicted octanol–water partition coefficient (Wildman–Crippen LogP) is 13.7. The summed E-state index contributed by atoms with van der Waals surface area (Å²) in [6.45, 7) is 0. The molecule has 0 spiro atoms. The van der Waals surface area contributed by atoms with E-state index in [0.29, 0.717) is 17.5 Å². The van der Waals surface area contributed by atoms with E-state index in [4.69, 9.17) is 23.8 Å². The van der Waals surface area contributed by atoms with Crippen LogP contribution in [0.25, 0.3) is 111 Å². The summed E-state index contributed by atoms with van der Waals surface area (Å²) in [6, 6.07) is 64.5. The second kappa shape index (κ2) is 13.0. The van der Waals surface area contributed by atoms with Gasteiger partial charge in [-0.15, -0.1) is 0 Å². The van der Waals surface area contributed by atoms with Crippen molar-refractivity contribution in [1.82, 2.24) is 15.0 Å². The Morgan fingerprint density at radius 1 is 0.268 bits per heavy atom. The molecule has 0 aliphatic heterocycles. The van der Waals surface area contributed by atoms with Gasteiger partial charge in [-0.2, -0.15) is 0 Å². The third-order valence-electron chi connectivity index (χ3n) is 10.5. The summed E-state index contributed by atoms with van der Waals surface area (Å²) in [5.41, 5.74) is 12.6. The standard InChI is InChI=1S/C51H31N3O2/c1-4-13-32(14-5-1)34-23-25-36(26-24-34)50-52-49(35-17-8-3-9-18-35)53-51(54-50)37-27-28-41-45(30-37)56-44-22-12-20-39(47(41)44)42-29-38(33-15-6-2-7-16-33)31-46-48(42)40-19-10-11-21-43(40)55-46/h1-31H. The molecule has 0 radical (unpaired) electrons. The smallest absolute Gasteiger partial charge is 0.164 e. The first-order valence-corrected chi connectivity index (χ1v) is 18.7. The molecule has 0 atom stereocenters. The number of hydrogen-bond acceptors (Lipinski definition) is 5. The van der Waals surface area contributed by atoms with E-state index < -0.39 is 0 Å². The number of fused-ring (bicyclic) bond motifs is 6. The van der Waals surface area contributed by atoms with Gasteiger partial charge in [0.2, 0.25) is 0 Å². The fourth-order valence-corrected chi connectivity index (χ4v) is 7.85. The van der Waals surface area contributed by atoms with E-state index in [1.807, 2.05) is 60.7 Å². The third kappa shape index (κ3) is 5.45. The quantitative estimate of drug-likeness (QED) is 0.171. The van der Waals surface area contributed by atoms with Crippen molar-refractivity contribution in [3.63, 3.8) is 0 Å². The number of aromatic nitrogens is 3. The van der Waals surface area contributed by atoms with Gasteiger partial charge >= 0.3 is 0 Å². The molecule has 0 saturated carbocycles. The minimum atomic E-state index is 0.575. The summed E-state index contributed by atoms with van der Waals surface area (Å²) < 4.78 is 13.2. The Bertz CT molecular complexity index is 3220. The fraction of sp³-hybridized carbons (Fsp3) is 0. The first-order chi connectivity index (χ1) is 27.7. The van der Waals surface area contributed by atoms with Crippen molar-refractivity contribution in [2.75, 3.05) is 0 Å². The Kier molecular flexibility index (Phi) is 7.42. The van der Waals surface area contributed by atoms with E-state index in [9.17, 15) is 0 Å². The van der Waals surface area contributed by atoms with Gasteiger partial charge in [-0.25, -0.2) is 15.0 Å². The lowest BCUT2D eigenvalue weighted by Gasteiger charge is -2.10. The van der Waals surface area contributed by atoms with E-state index in [-0.39, 0.29) is 0 Å². The molecule has 5 heteroatoms. The first-order valence-electron chi connectivity index (χ1n) is 18.7. The van der Waals surface area contributed by atoms with E-state index >= 15 is 0 Å². The first kappa shape index (κ1) is 31.9. The summed E-state index contributed by atoms with van der Waals surface area (Å²) in [4.78, 5) is 15.0. The summed E-state index contributed by atoms with van der Waals surface area (Å²) in [5, 5.41) is 4.23. The van der Waals surface area contributed by atoms with E-state index in [1.165, 1.54) is 0 Å². The molecule has 8 aromatic carbocycles. The molecule has 0 amide bonds. The number of nitrogens with zero attached hydrogens (tertiary/aromatic N) is 3. The van der Waals surface area contributed by atoms with Gasteiger partial charge < -0.3 is 8.83 Å². The van der Waals surface area contributed by atoms with Crippen molar-refractivity contribution in [1.29, 1.82) is 0 Å². The van der Waals surface area contributed by atoms with Gasteiger partial charge in [0, 0.05) is 38.2 Å². The number of hydrogen-bond donors (Lipinski definition) is 0. The molecule has 0 fully saturated rings. The molecule has 11 aromatic rings. The van der Waals surface area contributed by atoms with Crippen molar-refractivity contribution in [2.45, 2.75) is 0 Å². The largest absolute Gasteiger partial charge is 0.456 e. The van der Waals surface area contributed by atoms with Crippen molar-refractivity contribution >= 4 is 43.9 Å². The average Bonchev–Trinajstić information content (AvgIpc) is 3.85. The zero-order chi connectivity index (χ0) is 37.0. The number of para-hydroxylation sites is 1. The van der Waals surface area contributed by atoms with Crippen LogP contribution in [0.2, 0.25) is 0 Å². The van der Waals surface area contributed by atoms with Crippen LogP contribution >= 0.6 is 0 Å². The molecular weight excluding hydrogens is 687 g/mol. The zero-order valence-electron chi connectivity index (χ0n) is 30.1. The van der Waals surface area contributed by atoms with Gasteiger partial charge in [0.25, 0.3) is 0 Å².